The Labute approximate surface area is 168 Å². The molecule has 0 saturated carbocycles. The molecule has 0 fully saturated rings. The van der Waals surface area contributed by atoms with Crippen LogP contribution in [-0.2, 0) is 4.79 Å². The third-order valence-electron chi connectivity index (χ3n) is 4.22. The van der Waals surface area contributed by atoms with Crippen molar-refractivity contribution in [2.45, 2.75) is 20.8 Å². The molecule has 0 unspecified atom stereocenters. The molecule has 3 N–H and O–H groups in total. The van der Waals surface area contributed by atoms with Crippen molar-refractivity contribution in [3.63, 3.8) is 0 Å². The number of amides is 5. The average Bonchev–Trinajstić information content (AvgIpc) is 2.85. The van der Waals surface area contributed by atoms with E-state index in [2.05, 4.69) is 16.0 Å². The second-order valence-corrected chi connectivity index (χ2v) is 7.22. The minimum atomic E-state index is -0.513. The van der Waals surface area contributed by atoms with Crippen LogP contribution in [0.3, 0.4) is 0 Å². The highest BCUT2D eigenvalue weighted by molar-refractivity contribution is 6.22. The van der Waals surface area contributed by atoms with Gasteiger partial charge in [0.2, 0.25) is 5.91 Å². The summed E-state index contributed by atoms with van der Waals surface area (Å²) in [5, 5.41) is 7.95. The fraction of sp³-hybridized carbons (Fsp3) is 0.238. The van der Waals surface area contributed by atoms with E-state index >= 15 is 0 Å². The van der Waals surface area contributed by atoms with Gasteiger partial charge < -0.3 is 16.0 Å². The first-order valence-electron chi connectivity index (χ1n) is 9.20. The maximum Gasteiger partial charge on any atom is 0.323 e. The van der Waals surface area contributed by atoms with Gasteiger partial charge in [0.25, 0.3) is 11.8 Å². The molecular weight excluding hydrogens is 372 g/mol. The van der Waals surface area contributed by atoms with Gasteiger partial charge in [-0.3, -0.25) is 19.3 Å². The topological polar surface area (TPSA) is 108 Å². The normalized spacial score (nSPS) is 12.8. The fourth-order valence-electron chi connectivity index (χ4n) is 3.07. The summed E-state index contributed by atoms with van der Waals surface area (Å²) >= 11 is 0. The Morgan fingerprint density at radius 3 is 2.07 bits per heavy atom. The molecule has 0 radical (unpaired) electrons. The van der Waals surface area contributed by atoms with E-state index < -0.39 is 6.03 Å². The summed E-state index contributed by atoms with van der Waals surface area (Å²) in [6.07, 6.45) is 0. The zero-order valence-corrected chi connectivity index (χ0v) is 16.4. The van der Waals surface area contributed by atoms with Gasteiger partial charge in [-0.2, -0.15) is 0 Å². The van der Waals surface area contributed by atoms with Gasteiger partial charge in [0.1, 0.15) is 0 Å². The molecule has 3 rings (SSSR count). The van der Waals surface area contributed by atoms with Gasteiger partial charge in [-0.25, -0.2) is 4.79 Å². The summed E-state index contributed by atoms with van der Waals surface area (Å²) in [6.45, 7) is 5.61. The van der Waals surface area contributed by atoms with Gasteiger partial charge in [0.15, 0.2) is 0 Å². The van der Waals surface area contributed by atoms with Crippen molar-refractivity contribution in [3.8, 4) is 0 Å². The number of urea groups is 1. The predicted molar refractivity (Wildman–Crippen MR) is 110 cm³/mol. The van der Waals surface area contributed by atoms with Gasteiger partial charge in [0, 0.05) is 30.5 Å². The lowest BCUT2D eigenvalue weighted by Gasteiger charge is -2.15. The highest BCUT2D eigenvalue weighted by Gasteiger charge is 2.35. The van der Waals surface area contributed by atoms with Gasteiger partial charge in [-0.15, -0.1) is 0 Å². The Morgan fingerprint density at radius 2 is 1.45 bits per heavy atom. The van der Waals surface area contributed by atoms with Crippen molar-refractivity contribution >= 4 is 40.8 Å². The van der Waals surface area contributed by atoms with E-state index in [-0.39, 0.29) is 29.2 Å². The van der Waals surface area contributed by atoms with Crippen molar-refractivity contribution in [2.24, 2.45) is 5.92 Å². The molecule has 29 heavy (non-hydrogen) atoms. The third kappa shape index (κ3) is 4.60. The van der Waals surface area contributed by atoms with Crippen molar-refractivity contribution in [3.05, 3.63) is 53.6 Å². The van der Waals surface area contributed by atoms with E-state index in [1.54, 1.807) is 36.4 Å². The first-order valence-corrected chi connectivity index (χ1v) is 9.20. The van der Waals surface area contributed by atoms with E-state index in [4.69, 9.17) is 0 Å². The van der Waals surface area contributed by atoms with Gasteiger partial charge >= 0.3 is 6.03 Å². The number of benzene rings is 2. The summed E-state index contributed by atoms with van der Waals surface area (Å²) in [5.74, 6) is -0.723. The fourth-order valence-corrected chi connectivity index (χ4v) is 3.07. The number of imide groups is 1. The summed E-state index contributed by atoms with van der Waals surface area (Å²) in [4.78, 5) is 49.6. The number of fused-ring (bicyclic) bond motifs is 1. The average molecular weight is 394 g/mol. The largest absolute Gasteiger partial charge is 0.326 e. The molecule has 2 aromatic carbocycles. The second-order valence-electron chi connectivity index (χ2n) is 7.22. The summed E-state index contributed by atoms with van der Waals surface area (Å²) in [7, 11) is 0. The maximum atomic E-state index is 12.5. The van der Waals surface area contributed by atoms with Crippen molar-refractivity contribution < 1.29 is 19.2 Å². The number of anilines is 3. The minimum Gasteiger partial charge on any atom is -0.326 e. The number of carbonyl (C=O) groups is 4. The lowest BCUT2D eigenvalue weighted by Crippen LogP contribution is -2.33. The van der Waals surface area contributed by atoms with E-state index in [9.17, 15) is 19.2 Å². The second kappa shape index (κ2) is 8.14. The number of nitrogens with one attached hydrogen (secondary N) is 3. The maximum absolute atomic E-state index is 12.5. The number of rotatable bonds is 5. The van der Waals surface area contributed by atoms with Crippen LogP contribution in [0.15, 0.2) is 42.5 Å². The number of hydrogen-bond donors (Lipinski definition) is 3. The molecule has 0 spiro atoms. The standard InChI is InChI=1S/C21H22N4O4/c1-12(2)11-25-19(27)17-8-7-16(10-18(17)20(25)28)24-21(29)23-15-6-4-5-14(9-15)22-13(3)26/h4-10,12H,11H2,1-3H3,(H,22,26)(H2,23,24,29). The highest BCUT2D eigenvalue weighted by atomic mass is 16.2. The molecule has 5 amide bonds. The van der Waals surface area contributed by atoms with Crippen molar-refractivity contribution in [1.29, 1.82) is 0 Å². The summed E-state index contributed by atoms with van der Waals surface area (Å²) in [5.41, 5.74) is 2.06. The van der Waals surface area contributed by atoms with Crippen LogP contribution >= 0.6 is 0 Å². The zero-order valence-electron chi connectivity index (χ0n) is 16.4. The molecule has 8 heteroatoms. The molecule has 1 aliphatic heterocycles. The SMILES string of the molecule is CC(=O)Nc1cccc(NC(=O)Nc2ccc3c(c2)C(=O)N(CC(C)C)C3=O)c1. The predicted octanol–water partition coefficient (Wildman–Crippen LogP) is 3.54. The van der Waals surface area contributed by atoms with Gasteiger partial charge in [0.05, 0.1) is 11.1 Å². The molecule has 0 aliphatic carbocycles. The Hall–Kier alpha value is -3.68. The molecule has 0 saturated heterocycles. The Morgan fingerprint density at radius 1 is 0.862 bits per heavy atom. The summed E-state index contributed by atoms with van der Waals surface area (Å²) < 4.78 is 0. The molecule has 0 atom stereocenters. The number of carbonyl (C=O) groups excluding carboxylic acids is 4. The van der Waals surface area contributed by atoms with Crippen LogP contribution in [0.4, 0.5) is 21.9 Å². The van der Waals surface area contributed by atoms with Crippen LogP contribution in [0.5, 0.6) is 0 Å². The Bertz CT molecular complexity index is 1000. The quantitative estimate of drug-likeness (QED) is 0.674. The van der Waals surface area contributed by atoms with E-state index in [0.29, 0.717) is 29.2 Å². The van der Waals surface area contributed by atoms with E-state index in [1.807, 2.05) is 13.8 Å². The van der Waals surface area contributed by atoms with E-state index in [1.165, 1.54) is 17.9 Å². The van der Waals surface area contributed by atoms with Crippen molar-refractivity contribution in [2.75, 3.05) is 22.5 Å². The van der Waals surface area contributed by atoms with Crippen LogP contribution in [-0.4, -0.2) is 35.2 Å². The summed E-state index contributed by atoms with van der Waals surface area (Å²) in [6, 6.07) is 10.8. The zero-order chi connectivity index (χ0) is 21.1. The first kappa shape index (κ1) is 20.1. The third-order valence-corrected chi connectivity index (χ3v) is 4.22. The molecule has 2 aromatic rings. The monoisotopic (exact) mass is 394 g/mol. The van der Waals surface area contributed by atoms with Crippen LogP contribution < -0.4 is 16.0 Å². The van der Waals surface area contributed by atoms with Crippen LogP contribution in [0, 0.1) is 5.92 Å². The molecule has 1 aliphatic rings. The van der Waals surface area contributed by atoms with Crippen molar-refractivity contribution in [1.82, 2.24) is 4.90 Å². The number of hydrogen-bond acceptors (Lipinski definition) is 4. The highest BCUT2D eigenvalue weighted by Crippen LogP contribution is 2.26. The molecular formula is C21H22N4O4. The Kier molecular flexibility index (Phi) is 5.63. The van der Waals surface area contributed by atoms with Crippen LogP contribution in [0.25, 0.3) is 0 Å². The first-order chi connectivity index (χ1) is 13.7. The van der Waals surface area contributed by atoms with Crippen LogP contribution in [0.2, 0.25) is 0 Å². The number of nitrogens with zero attached hydrogens (tertiary/aromatic N) is 1. The van der Waals surface area contributed by atoms with Crippen LogP contribution in [0.1, 0.15) is 41.5 Å². The van der Waals surface area contributed by atoms with Gasteiger partial charge in [-0.1, -0.05) is 19.9 Å². The lowest BCUT2D eigenvalue weighted by molar-refractivity contribution is -0.114. The smallest absolute Gasteiger partial charge is 0.323 e. The Balaban J connectivity index is 1.70. The van der Waals surface area contributed by atoms with Gasteiger partial charge in [-0.05, 0) is 42.3 Å². The minimum absolute atomic E-state index is 0.161. The molecule has 0 aromatic heterocycles. The molecule has 150 valence electrons. The molecule has 0 bridgehead atoms. The lowest BCUT2D eigenvalue weighted by atomic mass is 10.1. The molecule has 1 heterocycles. The van der Waals surface area contributed by atoms with E-state index in [0.717, 1.165) is 0 Å². The molecule has 8 nitrogen and oxygen atoms in total.